The second-order valence-corrected chi connectivity index (χ2v) is 8.13. The summed E-state index contributed by atoms with van der Waals surface area (Å²) in [6, 6.07) is -0.400. The Kier molecular flexibility index (Phi) is 11.7. The second-order valence-electron chi connectivity index (χ2n) is 8.13. The zero-order valence-electron chi connectivity index (χ0n) is 19.9. The number of amides is 3. The maximum Gasteiger partial charge on any atom is 0.274 e. The Hall–Kier alpha value is -2.83. The lowest BCUT2D eigenvalue weighted by Crippen LogP contribution is -2.53. The zero-order valence-corrected chi connectivity index (χ0v) is 19.9. The lowest BCUT2D eigenvalue weighted by molar-refractivity contribution is -0.131. The van der Waals surface area contributed by atoms with Gasteiger partial charge < -0.3 is 34.7 Å². The summed E-state index contributed by atoms with van der Waals surface area (Å²) >= 11 is 0. The summed E-state index contributed by atoms with van der Waals surface area (Å²) in [5.74, 6) is -1.77. The highest BCUT2D eigenvalue weighted by Crippen LogP contribution is 2.29. The molecule has 0 saturated carbocycles. The first-order valence-corrected chi connectivity index (χ1v) is 10.4. The third-order valence-corrected chi connectivity index (χ3v) is 4.51. The number of hydrogen-bond acceptors (Lipinski definition) is 9. The number of nitrogens with one attached hydrogen (secondary N) is 3. The third kappa shape index (κ3) is 9.68. The number of ether oxygens (including phenoxy) is 3. The Morgan fingerprint density at radius 2 is 1.79 bits per heavy atom. The zero-order chi connectivity index (χ0) is 25.0. The molecule has 3 N–H and O–H groups in total. The number of hydrogen-bond donors (Lipinski definition) is 3. The van der Waals surface area contributed by atoms with Crippen LogP contribution in [0.15, 0.2) is 16.9 Å². The molecule has 1 aromatic heterocycles. The van der Waals surface area contributed by atoms with Crippen molar-refractivity contribution in [3.05, 3.63) is 18.0 Å². The minimum Gasteiger partial charge on any atom is -0.388 e. The largest absolute Gasteiger partial charge is 0.388 e. The summed E-state index contributed by atoms with van der Waals surface area (Å²) in [5.41, 5.74) is -0.849. The van der Waals surface area contributed by atoms with Crippen LogP contribution in [0.2, 0.25) is 0 Å². The molecule has 1 aliphatic heterocycles. The van der Waals surface area contributed by atoms with Gasteiger partial charge in [0.25, 0.3) is 5.91 Å². The molecule has 2 rings (SSSR count). The average Bonchev–Trinajstić information content (AvgIpc) is 3.26. The van der Waals surface area contributed by atoms with Crippen molar-refractivity contribution >= 4 is 23.5 Å². The van der Waals surface area contributed by atoms with Gasteiger partial charge in [0.15, 0.2) is 11.5 Å². The Balaban J connectivity index is 0.00000172. The molecule has 3 amide bonds. The minimum atomic E-state index is -1.04. The van der Waals surface area contributed by atoms with Gasteiger partial charge in [-0.25, -0.2) is 0 Å². The van der Waals surface area contributed by atoms with E-state index in [1.807, 2.05) is 13.8 Å². The van der Waals surface area contributed by atoms with Gasteiger partial charge >= 0.3 is 0 Å². The maximum absolute atomic E-state index is 12.6. The first-order chi connectivity index (χ1) is 15.6. The van der Waals surface area contributed by atoms with Crippen molar-refractivity contribution in [1.29, 1.82) is 0 Å². The Morgan fingerprint density at radius 3 is 2.27 bits per heavy atom. The molecule has 12 nitrogen and oxygen atoms in total. The van der Waals surface area contributed by atoms with Crippen LogP contribution >= 0.6 is 0 Å². The second kappa shape index (κ2) is 13.7. The van der Waals surface area contributed by atoms with Crippen LogP contribution in [0.5, 0.6) is 0 Å². The number of epoxide rings is 1. The number of nitrogens with zero attached hydrogens (tertiary/aromatic N) is 1. The number of ketones is 1. The Labute approximate surface area is 193 Å². The van der Waals surface area contributed by atoms with Gasteiger partial charge in [0.05, 0.1) is 25.8 Å². The fraction of sp³-hybridized carbons (Fsp3) is 0.667. The summed E-state index contributed by atoms with van der Waals surface area (Å²) in [6.07, 6.45) is 1.68. The van der Waals surface area contributed by atoms with Gasteiger partial charge in [-0.1, -0.05) is 19.0 Å². The highest BCUT2D eigenvalue weighted by Gasteiger charge is 2.50. The third-order valence-electron chi connectivity index (χ3n) is 4.51. The number of carbonyl (C=O) groups is 4. The van der Waals surface area contributed by atoms with Crippen molar-refractivity contribution in [2.24, 2.45) is 5.92 Å². The normalized spacial score (nSPS) is 18.4. The molecule has 0 radical (unpaired) electrons. The molecule has 1 fully saturated rings. The fourth-order valence-electron chi connectivity index (χ4n) is 2.77. The van der Waals surface area contributed by atoms with Crippen molar-refractivity contribution in [2.75, 3.05) is 41.1 Å². The standard InChI is InChI=1S/C19H28N4O7.C2H6O/c1-11(2)7-13(16(25)19(3)10-29-19)21-15(24)8-20-17(26)14(9-28-4)22-18(27)12-5-6-30-23-12;1-3-2/h5-6,11,13-14H,7-10H2,1-4H3,(H,20,26)(H,21,24)(H,22,27);1-2H3/t13-,14-,19?;/m0./s1. The van der Waals surface area contributed by atoms with Crippen LogP contribution < -0.4 is 16.0 Å². The molecule has 1 aliphatic rings. The van der Waals surface area contributed by atoms with Crippen LogP contribution in [0.4, 0.5) is 0 Å². The molecule has 2 heterocycles. The first-order valence-electron chi connectivity index (χ1n) is 10.4. The van der Waals surface area contributed by atoms with Gasteiger partial charge in [0.2, 0.25) is 11.8 Å². The maximum atomic E-state index is 12.6. The summed E-state index contributed by atoms with van der Waals surface area (Å²) in [7, 11) is 4.62. The topological polar surface area (TPSA) is 161 Å². The predicted octanol–water partition coefficient (Wildman–Crippen LogP) is -0.313. The van der Waals surface area contributed by atoms with Crippen LogP contribution in [0, 0.1) is 5.92 Å². The summed E-state index contributed by atoms with van der Waals surface area (Å²) in [5, 5.41) is 11.0. The number of rotatable bonds is 12. The lowest BCUT2D eigenvalue weighted by atomic mass is 9.93. The smallest absolute Gasteiger partial charge is 0.274 e. The van der Waals surface area contributed by atoms with Crippen LogP contribution in [0.1, 0.15) is 37.7 Å². The van der Waals surface area contributed by atoms with E-state index in [0.717, 1.165) is 0 Å². The molecule has 33 heavy (non-hydrogen) atoms. The summed E-state index contributed by atoms with van der Waals surface area (Å²) in [4.78, 5) is 49.3. The van der Waals surface area contributed by atoms with Crippen molar-refractivity contribution in [1.82, 2.24) is 21.1 Å². The van der Waals surface area contributed by atoms with Crippen molar-refractivity contribution in [3.8, 4) is 0 Å². The molecule has 0 aliphatic carbocycles. The Bertz CT molecular complexity index is 777. The van der Waals surface area contributed by atoms with E-state index in [1.165, 1.54) is 19.4 Å². The lowest BCUT2D eigenvalue weighted by Gasteiger charge is -2.22. The molecule has 0 spiro atoms. The highest BCUT2D eigenvalue weighted by molar-refractivity contribution is 5.98. The van der Waals surface area contributed by atoms with E-state index in [-0.39, 0.29) is 30.5 Å². The van der Waals surface area contributed by atoms with Gasteiger partial charge in [-0.15, -0.1) is 0 Å². The van der Waals surface area contributed by atoms with Crippen molar-refractivity contribution < 1.29 is 37.9 Å². The number of methoxy groups -OCH3 is 2. The molecule has 1 aromatic rings. The molecular weight excluding hydrogens is 436 g/mol. The van der Waals surface area contributed by atoms with Gasteiger partial charge in [-0.2, -0.15) is 0 Å². The van der Waals surface area contributed by atoms with E-state index in [9.17, 15) is 19.2 Å². The molecular formula is C21H34N4O8. The molecule has 1 unspecified atom stereocenters. The van der Waals surface area contributed by atoms with Crippen LogP contribution in [0.3, 0.4) is 0 Å². The number of Topliss-reactive ketones (excluding diaryl/α,β-unsaturated/α-hetero) is 1. The average molecular weight is 471 g/mol. The van der Waals surface area contributed by atoms with Gasteiger partial charge in [-0.3, -0.25) is 19.2 Å². The molecule has 3 atom stereocenters. The van der Waals surface area contributed by atoms with E-state index in [1.54, 1.807) is 21.1 Å². The van der Waals surface area contributed by atoms with Crippen LogP contribution in [0.25, 0.3) is 0 Å². The first kappa shape index (κ1) is 28.2. The fourth-order valence-corrected chi connectivity index (χ4v) is 2.77. The Morgan fingerprint density at radius 1 is 1.15 bits per heavy atom. The van der Waals surface area contributed by atoms with E-state index in [0.29, 0.717) is 13.0 Å². The van der Waals surface area contributed by atoms with Crippen molar-refractivity contribution in [2.45, 2.75) is 44.9 Å². The molecule has 1 saturated heterocycles. The predicted molar refractivity (Wildman–Crippen MR) is 116 cm³/mol. The minimum absolute atomic E-state index is 0.00692. The van der Waals surface area contributed by atoms with Crippen LogP contribution in [-0.2, 0) is 28.6 Å². The summed E-state index contributed by atoms with van der Waals surface area (Å²) < 4.78 is 19.0. The van der Waals surface area contributed by atoms with Gasteiger partial charge in [0, 0.05) is 27.4 Å². The quantitative estimate of drug-likeness (QED) is 0.348. The van der Waals surface area contributed by atoms with E-state index >= 15 is 0 Å². The molecule has 0 aromatic carbocycles. The molecule has 12 heteroatoms. The van der Waals surface area contributed by atoms with E-state index < -0.39 is 35.4 Å². The van der Waals surface area contributed by atoms with E-state index in [2.05, 4.69) is 30.4 Å². The van der Waals surface area contributed by atoms with Crippen LogP contribution in [-0.4, -0.2) is 87.4 Å². The monoisotopic (exact) mass is 470 g/mol. The van der Waals surface area contributed by atoms with E-state index in [4.69, 9.17) is 9.47 Å². The highest BCUT2D eigenvalue weighted by atomic mass is 16.6. The number of aromatic nitrogens is 1. The molecule has 0 bridgehead atoms. The van der Waals surface area contributed by atoms with Crippen molar-refractivity contribution in [3.63, 3.8) is 0 Å². The number of carbonyl (C=O) groups excluding carboxylic acids is 4. The van der Waals surface area contributed by atoms with Gasteiger partial charge in [0.1, 0.15) is 17.9 Å². The summed E-state index contributed by atoms with van der Waals surface area (Å²) in [6.45, 7) is 5.42. The molecule has 186 valence electrons. The SMILES string of the molecule is COC.COC[C@H](NC(=O)c1ccon1)C(=O)NCC(=O)N[C@@H](CC(C)C)C(=O)C1(C)CO1. The van der Waals surface area contributed by atoms with Gasteiger partial charge in [-0.05, 0) is 19.3 Å².